The van der Waals surface area contributed by atoms with Crippen LogP contribution in [0, 0.1) is 0 Å². The summed E-state index contributed by atoms with van der Waals surface area (Å²) in [5.41, 5.74) is 0.674. The van der Waals surface area contributed by atoms with Gasteiger partial charge in [0.2, 0.25) is 5.91 Å². The van der Waals surface area contributed by atoms with Crippen molar-refractivity contribution in [3.8, 4) is 0 Å². The van der Waals surface area contributed by atoms with Crippen molar-refractivity contribution in [3.63, 3.8) is 0 Å². The van der Waals surface area contributed by atoms with Gasteiger partial charge in [0.15, 0.2) is 6.29 Å². The summed E-state index contributed by atoms with van der Waals surface area (Å²) >= 11 is 0. The number of amides is 3. The number of hydrogen-bond donors (Lipinski definition) is 1. The van der Waals surface area contributed by atoms with E-state index in [0.717, 1.165) is 19.3 Å². The van der Waals surface area contributed by atoms with Crippen molar-refractivity contribution in [1.82, 2.24) is 4.90 Å². The van der Waals surface area contributed by atoms with E-state index in [1.54, 1.807) is 12.1 Å². The normalized spacial score (nSPS) is 24.7. The zero-order chi connectivity index (χ0) is 16.1. The number of carbonyl (C=O) groups excluding carboxylic acids is 2. The summed E-state index contributed by atoms with van der Waals surface area (Å²) in [6, 6.07) is 8.51. The molecule has 2 atom stereocenters. The van der Waals surface area contributed by atoms with Gasteiger partial charge >= 0.3 is 6.03 Å². The number of urea groups is 1. The zero-order valence-electron chi connectivity index (χ0n) is 13.1. The quantitative estimate of drug-likeness (QED) is 0.927. The van der Waals surface area contributed by atoms with Crippen molar-refractivity contribution in [2.75, 3.05) is 18.5 Å². The zero-order valence-corrected chi connectivity index (χ0v) is 13.1. The fourth-order valence-corrected chi connectivity index (χ4v) is 2.95. The first-order chi connectivity index (χ1) is 11.2. The molecule has 2 aliphatic heterocycles. The summed E-state index contributed by atoms with van der Waals surface area (Å²) in [5.74, 6) is -0.156. The van der Waals surface area contributed by atoms with Crippen LogP contribution in [0.2, 0.25) is 0 Å². The van der Waals surface area contributed by atoms with Gasteiger partial charge in [0, 0.05) is 18.7 Å². The van der Waals surface area contributed by atoms with Gasteiger partial charge in [0.1, 0.15) is 0 Å². The van der Waals surface area contributed by atoms with Gasteiger partial charge in [-0.05, 0) is 37.8 Å². The molecule has 1 aromatic rings. The van der Waals surface area contributed by atoms with Gasteiger partial charge in [-0.1, -0.05) is 18.2 Å². The van der Waals surface area contributed by atoms with Crippen LogP contribution in [-0.2, 0) is 14.3 Å². The van der Waals surface area contributed by atoms with Gasteiger partial charge in [-0.2, -0.15) is 0 Å². The first-order valence-corrected chi connectivity index (χ1v) is 8.15. The summed E-state index contributed by atoms with van der Waals surface area (Å²) in [5, 5.41) is 2.76. The number of anilines is 1. The summed E-state index contributed by atoms with van der Waals surface area (Å²) in [4.78, 5) is 25.7. The highest BCUT2D eigenvalue weighted by molar-refractivity contribution is 6.02. The molecule has 23 heavy (non-hydrogen) atoms. The molecule has 0 bridgehead atoms. The van der Waals surface area contributed by atoms with E-state index in [-0.39, 0.29) is 18.2 Å². The third kappa shape index (κ3) is 4.09. The number of ether oxygens (including phenoxy) is 2. The van der Waals surface area contributed by atoms with E-state index < -0.39 is 6.03 Å². The Kier molecular flexibility index (Phi) is 5.25. The van der Waals surface area contributed by atoms with Gasteiger partial charge in [-0.25, -0.2) is 4.79 Å². The monoisotopic (exact) mass is 318 g/mol. The molecule has 2 heterocycles. The maximum absolute atomic E-state index is 12.4. The maximum atomic E-state index is 12.4. The van der Waals surface area contributed by atoms with Crippen LogP contribution in [0.25, 0.3) is 0 Å². The molecule has 124 valence electrons. The molecule has 2 fully saturated rings. The molecule has 0 aliphatic carbocycles. The van der Waals surface area contributed by atoms with E-state index >= 15 is 0 Å². The first kappa shape index (κ1) is 16.0. The average molecular weight is 318 g/mol. The molecular formula is C17H22N2O4. The van der Waals surface area contributed by atoms with E-state index in [9.17, 15) is 9.59 Å². The number of benzene rings is 1. The highest BCUT2D eigenvalue weighted by Gasteiger charge is 2.36. The number of para-hydroxylation sites is 1. The number of nitrogens with zero attached hydrogens (tertiary/aromatic N) is 1. The fourth-order valence-electron chi connectivity index (χ4n) is 2.95. The standard InChI is InChI=1S/C17H22N2O4/c20-15-10-9-14(12-23-16-8-4-5-11-22-16)19(15)17(21)18-13-6-2-1-3-7-13/h1-3,6-7,14,16H,4-5,8-12H2,(H,18,21). The van der Waals surface area contributed by atoms with Crippen molar-refractivity contribution in [3.05, 3.63) is 30.3 Å². The van der Waals surface area contributed by atoms with Crippen LogP contribution in [0.15, 0.2) is 30.3 Å². The summed E-state index contributed by atoms with van der Waals surface area (Å²) < 4.78 is 11.3. The molecule has 3 amide bonds. The van der Waals surface area contributed by atoms with E-state index in [4.69, 9.17) is 9.47 Å². The predicted octanol–water partition coefficient (Wildman–Crippen LogP) is 2.75. The van der Waals surface area contributed by atoms with E-state index in [1.807, 2.05) is 18.2 Å². The molecule has 2 unspecified atom stereocenters. The number of hydrogen-bond acceptors (Lipinski definition) is 4. The van der Waals surface area contributed by atoms with Gasteiger partial charge < -0.3 is 14.8 Å². The molecule has 0 radical (unpaired) electrons. The van der Waals surface area contributed by atoms with Gasteiger partial charge in [0.05, 0.1) is 12.6 Å². The summed E-state index contributed by atoms with van der Waals surface area (Å²) in [6.45, 7) is 1.05. The van der Waals surface area contributed by atoms with Crippen LogP contribution in [0.1, 0.15) is 32.1 Å². The lowest BCUT2D eigenvalue weighted by atomic mass is 10.2. The van der Waals surface area contributed by atoms with Gasteiger partial charge in [-0.3, -0.25) is 9.69 Å². The van der Waals surface area contributed by atoms with Crippen molar-refractivity contribution in [2.24, 2.45) is 0 Å². The summed E-state index contributed by atoms with van der Waals surface area (Å²) in [6.07, 6.45) is 3.82. The van der Waals surface area contributed by atoms with Crippen LogP contribution in [-0.4, -0.2) is 42.4 Å². The Morgan fingerprint density at radius 3 is 2.83 bits per heavy atom. The second-order valence-corrected chi connectivity index (χ2v) is 5.88. The molecule has 0 spiro atoms. The lowest BCUT2D eigenvalue weighted by Crippen LogP contribution is -2.44. The molecule has 0 aromatic heterocycles. The highest BCUT2D eigenvalue weighted by atomic mass is 16.7. The predicted molar refractivity (Wildman–Crippen MR) is 84.9 cm³/mol. The topological polar surface area (TPSA) is 67.9 Å². The van der Waals surface area contributed by atoms with Crippen LogP contribution in [0.4, 0.5) is 10.5 Å². The second-order valence-electron chi connectivity index (χ2n) is 5.88. The molecule has 1 N–H and O–H groups in total. The largest absolute Gasteiger partial charge is 0.353 e. The fraction of sp³-hybridized carbons (Fsp3) is 0.529. The minimum Gasteiger partial charge on any atom is -0.353 e. The molecule has 2 saturated heterocycles. The highest BCUT2D eigenvalue weighted by Crippen LogP contribution is 2.22. The number of carbonyl (C=O) groups is 2. The molecule has 1 aromatic carbocycles. The van der Waals surface area contributed by atoms with Crippen molar-refractivity contribution in [1.29, 1.82) is 0 Å². The van der Waals surface area contributed by atoms with E-state index in [2.05, 4.69) is 5.32 Å². The smallest absolute Gasteiger partial charge is 0.328 e. The van der Waals surface area contributed by atoms with Crippen molar-refractivity contribution < 1.29 is 19.1 Å². The Morgan fingerprint density at radius 2 is 2.09 bits per heavy atom. The minimum absolute atomic E-state index is 0.156. The Labute approximate surface area is 135 Å². The summed E-state index contributed by atoms with van der Waals surface area (Å²) in [7, 11) is 0. The number of rotatable bonds is 4. The van der Waals surface area contributed by atoms with Crippen LogP contribution >= 0.6 is 0 Å². The van der Waals surface area contributed by atoms with Crippen LogP contribution in [0.3, 0.4) is 0 Å². The molecule has 6 nitrogen and oxygen atoms in total. The third-order valence-electron chi connectivity index (χ3n) is 4.18. The third-order valence-corrected chi connectivity index (χ3v) is 4.18. The Balaban J connectivity index is 1.56. The van der Waals surface area contributed by atoms with Crippen LogP contribution < -0.4 is 5.32 Å². The number of likely N-dealkylation sites (tertiary alicyclic amines) is 1. The second kappa shape index (κ2) is 7.57. The maximum Gasteiger partial charge on any atom is 0.328 e. The van der Waals surface area contributed by atoms with E-state index in [0.29, 0.717) is 31.7 Å². The number of nitrogens with one attached hydrogen (secondary N) is 1. The molecular weight excluding hydrogens is 296 g/mol. The number of imide groups is 1. The van der Waals surface area contributed by atoms with Gasteiger partial charge in [-0.15, -0.1) is 0 Å². The Morgan fingerprint density at radius 1 is 1.26 bits per heavy atom. The molecule has 2 aliphatic rings. The molecule has 3 rings (SSSR count). The van der Waals surface area contributed by atoms with Crippen molar-refractivity contribution in [2.45, 2.75) is 44.4 Å². The van der Waals surface area contributed by atoms with E-state index in [1.165, 1.54) is 4.90 Å². The first-order valence-electron chi connectivity index (χ1n) is 8.15. The molecule has 0 saturated carbocycles. The van der Waals surface area contributed by atoms with Crippen molar-refractivity contribution >= 4 is 17.6 Å². The average Bonchev–Trinajstić information content (AvgIpc) is 2.95. The minimum atomic E-state index is -0.392. The lowest BCUT2D eigenvalue weighted by Gasteiger charge is -2.27. The van der Waals surface area contributed by atoms with Crippen LogP contribution in [0.5, 0.6) is 0 Å². The van der Waals surface area contributed by atoms with Gasteiger partial charge in [0.25, 0.3) is 0 Å². The Hall–Kier alpha value is -1.92. The molecule has 6 heteroatoms. The SMILES string of the molecule is O=C1CCC(COC2CCCCO2)N1C(=O)Nc1ccccc1. The Bertz CT molecular complexity index is 543. The lowest BCUT2D eigenvalue weighted by molar-refractivity contribution is -0.169.